The minimum Gasteiger partial charge on any atom is -0.483 e. The highest BCUT2D eigenvalue weighted by atomic mass is 16.5. The van der Waals surface area contributed by atoms with E-state index >= 15 is 0 Å². The number of carbonyl (C=O) groups is 2. The SMILES string of the molecule is Cc1ccccc1OCC(=O)N1CC(=O)N(C2CC2)c2ccccc21. The van der Waals surface area contributed by atoms with Crippen LogP contribution in [0.2, 0.25) is 0 Å². The summed E-state index contributed by atoms with van der Waals surface area (Å²) in [5.74, 6) is 0.456. The highest BCUT2D eigenvalue weighted by Gasteiger charge is 2.40. The second kappa shape index (κ2) is 6.24. The summed E-state index contributed by atoms with van der Waals surface area (Å²) in [6.07, 6.45) is 2.06. The first-order chi connectivity index (χ1) is 12.1. The van der Waals surface area contributed by atoms with Crippen LogP contribution in [0.5, 0.6) is 5.75 Å². The van der Waals surface area contributed by atoms with Crippen molar-refractivity contribution >= 4 is 23.2 Å². The minimum atomic E-state index is -0.209. The van der Waals surface area contributed by atoms with Gasteiger partial charge < -0.3 is 9.64 Å². The van der Waals surface area contributed by atoms with Gasteiger partial charge in [-0.05, 0) is 43.5 Å². The van der Waals surface area contributed by atoms with Gasteiger partial charge in [-0.25, -0.2) is 0 Å². The molecule has 5 nitrogen and oxygen atoms in total. The van der Waals surface area contributed by atoms with Gasteiger partial charge in [-0.2, -0.15) is 0 Å². The lowest BCUT2D eigenvalue weighted by Crippen LogP contribution is -2.50. The van der Waals surface area contributed by atoms with Gasteiger partial charge in [0.1, 0.15) is 12.3 Å². The Morgan fingerprint density at radius 3 is 2.48 bits per heavy atom. The molecule has 25 heavy (non-hydrogen) atoms. The van der Waals surface area contributed by atoms with E-state index in [1.165, 1.54) is 4.90 Å². The smallest absolute Gasteiger partial charge is 0.265 e. The number of hydrogen-bond acceptors (Lipinski definition) is 3. The third-order valence-electron chi connectivity index (χ3n) is 4.65. The van der Waals surface area contributed by atoms with E-state index in [1.54, 1.807) is 0 Å². The normalized spacial score (nSPS) is 16.6. The molecule has 0 bridgehead atoms. The van der Waals surface area contributed by atoms with E-state index in [9.17, 15) is 9.59 Å². The number of para-hydroxylation sites is 3. The van der Waals surface area contributed by atoms with Crippen molar-refractivity contribution in [3.8, 4) is 5.75 Å². The van der Waals surface area contributed by atoms with Crippen LogP contribution in [0.3, 0.4) is 0 Å². The zero-order valence-electron chi connectivity index (χ0n) is 14.1. The van der Waals surface area contributed by atoms with Crippen molar-refractivity contribution in [2.75, 3.05) is 23.0 Å². The molecule has 2 aliphatic rings. The summed E-state index contributed by atoms with van der Waals surface area (Å²) in [5, 5.41) is 0. The van der Waals surface area contributed by atoms with Crippen molar-refractivity contribution in [3.63, 3.8) is 0 Å². The van der Waals surface area contributed by atoms with Crippen LogP contribution in [-0.2, 0) is 9.59 Å². The largest absolute Gasteiger partial charge is 0.483 e. The van der Waals surface area contributed by atoms with Crippen LogP contribution in [0.1, 0.15) is 18.4 Å². The monoisotopic (exact) mass is 336 g/mol. The van der Waals surface area contributed by atoms with Gasteiger partial charge in [-0.3, -0.25) is 14.5 Å². The van der Waals surface area contributed by atoms with Gasteiger partial charge in [0.2, 0.25) is 5.91 Å². The summed E-state index contributed by atoms with van der Waals surface area (Å²) in [6.45, 7) is 1.92. The number of rotatable bonds is 4. The lowest BCUT2D eigenvalue weighted by molar-refractivity contribution is -0.124. The maximum atomic E-state index is 12.7. The molecule has 1 aliphatic heterocycles. The molecule has 1 aliphatic carbocycles. The summed E-state index contributed by atoms with van der Waals surface area (Å²) in [4.78, 5) is 28.7. The Kier molecular flexibility index (Phi) is 3.92. The van der Waals surface area contributed by atoms with Crippen LogP contribution in [0, 0.1) is 6.92 Å². The standard InChI is InChI=1S/C20H20N2O3/c1-14-6-2-5-9-18(14)25-13-20(24)21-12-19(23)22(15-10-11-15)17-8-4-3-7-16(17)21/h2-9,15H,10-13H2,1H3. The first kappa shape index (κ1) is 15.7. The van der Waals surface area contributed by atoms with Crippen molar-refractivity contribution in [2.24, 2.45) is 0 Å². The molecular weight excluding hydrogens is 316 g/mol. The van der Waals surface area contributed by atoms with Crippen LogP contribution in [0.4, 0.5) is 11.4 Å². The Hall–Kier alpha value is -2.82. The number of aryl methyl sites for hydroxylation is 1. The zero-order valence-corrected chi connectivity index (χ0v) is 14.1. The minimum absolute atomic E-state index is 0.0227. The summed E-state index contributed by atoms with van der Waals surface area (Å²) in [7, 11) is 0. The van der Waals surface area contributed by atoms with Crippen LogP contribution < -0.4 is 14.5 Å². The fraction of sp³-hybridized carbons (Fsp3) is 0.300. The van der Waals surface area contributed by atoms with E-state index in [0.717, 1.165) is 29.8 Å². The van der Waals surface area contributed by atoms with Crippen LogP contribution >= 0.6 is 0 Å². The molecule has 1 fully saturated rings. The topological polar surface area (TPSA) is 49.9 Å². The van der Waals surface area contributed by atoms with Crippen LogP contribution in [-0.4, -0.2) is 31.0 Å². The molecule has 2 aromatic carbocycles. The molecular formula is C20H20N2O3. The first-order valence-corrected chi connectivity index (χ1v) is 8.55. The molecule has 5 heteroatoms. The van der Waals surface area contributed by atoms with Gasteiger partial charge >= 0.3 is 0 Å². The zero-order chi connectivity index (χ0) is 17.4. The number of nitrogens with zero attached hydrogens (tertiary/aromatic N) is 2. The number of hydrogen-bond donors (Lipinski definition) is 0. The lowest BCUT2D eigenvalue weighted by atomic mass is 10.1. The van der Waals surface area contributed by atoms with Crippen molar-refractivity contribution in [1.29, 1.82) is 0 Å². The first-order valence-electron chi connectivity index (χ1n) is 8.55. The molecule has 0 aromatic heterocycles. The molecule has 0 radical (unpaired) electrons. The number of amides is 2. The molecule has 0 unspecified atom stereocenters. The summed E-state index contributed by atoms with van der Waals surface area (Å²) in [5.41, 5.74) is 2.59. The molecule has 4 rings (SSSR count). The Morgan fingerprint density at radius 1 is 1.08 bits per heavy atom. The van der Waals surface area contributed by atoms with Gasteiger partial charge in [-0.15, -0.1) is 0 Å². The molecule has 128 valence electrons. The lowest BCUT2D eigenvalue weighted by Gasteiger charge is -2.36. The van der Waals surface area contributed by atoms with E-state index in [2.05, 4.69) is 0 Å². The molecule has 0 spiro atoms. The maximum absolute atomic E-state index is 12.7. The third-order valence-corrected chi connectivity index (χ3v) is 4.65. The van der Waals surface area contributed by atoms with E-state index in [1.807, 2.05) is 60.4 Å². The average molecular weight is 336 g/mol. The molecule has 0 N–H and O–H groups in total. The van der Waals surface area contributed by atoms with E-state index in [0.29, 0.717) is 5.75 Å². The molecule has 2 amide bonds. The van der Waals surface area contributed by atoms with Gasteiger partial charge in [0.15, 0.2) is 6.61 Å². The number of anilines is 2. The Morgan fingerprint density at radius 2 is 1.76 bits per heavy atom. The summed E-state index contributed by atoms with van der Waals surface area (Å²) < 4.78 is 5.67. The molecule has 0 saturated heterocycles. The van der Waals surface area contributed by atoms with Crippen molar-refractivity contribution < 1.29 is 14.3 Å². The number of fused-ring (bicyclic) bond motifs is 1. The highest BCUT2D eigenvalue weighted by molar-refractivity contribution is 6.11. The number of carbonyl (C=O) groups excluding carboxylic acids is 2. The second-order valence-corrected chi connectivity index (χ2v) is 6.52. The predicted octanol–water partition coefficient (Wildman–Crippen LogP) is 2.92. The second-order valence-electron chi connectivity index (χ2n) is 6.52. The average Bonchev–Trinajstić information content (AvgIpc) is 3.45. The molecule has 1 heterocycles. The molecule has 2 aromatic rings. The predicted molar refractivity (Wildman–Crippen MR) is 96.0 cm³/mol. The van der Waals surface area contributed by atoms with Gasteiger partial charge in [0, 0.05) is 6.04 Å². The third kappa shape index (κ3) is 2.97. The van der Waals surface area contributed by atoms with Gasteiger partial charge in [0.05, 0.1) is 11.4 Å². The Balaban J connectivity index is 1.55. The maximum Gasteiger partial charge on any atom is 0.265 e. The highest BCUT2D eigenvalue weighted by Crippen LogP contribution is 2.40. The Labute approximate surface area is 146 Å². The summed E-state index contributed by atoms with van der Waals surface area (Å²) in [6, 6.07) is 15.5. The van der Waals surface area contributed by atoms with Gasteiger partial charge in [-0.1, -0.05) is 30.3 Å². The van der Waals surface area contributed by atoms with Crippen molar-refractivity contribution in [1.82, 2.24) is 0 Å². The van der Waals surface area contributed by atoms with Crippen molar-refractivity contribution in [2.45, 2.75) is 25.8 Å². The molecule has 0 atom stereocenters. The quantitative estimate of drug-likeness (QED) is 0.862. The summed E-state index contributed by atoms with van der Waals surface area (Å²) >= 11 is 0. The molecule has 1 saturated carbocycles. The van der Waals surface area contributed by atoms with E-state index < -0.39 is 0 Å². The van der Waals surface area contributed by atoms with E-state index in [-0.39, 0.29) is 31.0 Å². The fourth-order valence-corrected chi connectivity index (χ4v) is 3.22. The van der Waals surface area contributed by atoms with Crippen molar-refractivity contribution in [3.05, 3.63) is 54.1 Å². The van der Waals surface area contributed by atoms with E-state index in [4.69, 9.17) is 4.74 Å². The van der Waals surface area contributed by atoms with Crippen LogP contribution in [0.25, 0.3) is 0 Å². The fourth-order valence-electron chi connectivity index (χ4n) is 3.22. The number of ether oxygens (including phenoxy) is 1. The van der Waals surface area contributed by atoms with Crippen LogP contribution in [0.15, 0.2) is 48.5 Å². The number of benzene rings is 2. The Bertz CT molecular complexity index is 829. The van der Waals surface area contributed by atoms with Gasteiger partial charge in [0.25, 0.3) is 5.91 Å².